The maximum Gasteiger partial charge on any atom is -1.00 e. The van der Waals surface area contributed by atoms with Crippen LogP contribution in [0.2, 0.25) is 0 Å². The molecule has 0 saturated heterocycles. The van der Waals surface area contributed by atoms with Crippen LogP contribution >= 0.6 is 0 Å². The standard InChI is InChI=1S/C21H25.C10H15.CH2.2ClH.Zr/c1-20(2,3)16-9-7-14-11-15-8-10-17(21(4,5)6)13-19(15)18(14)12-16;1-7(2)10-6-8(3)5-9(10)4;;;;/h7,9-10,12-13H,11H2,1-6H3;6-8H,1-4H3;1H2;2*1H;/q;;;;;+2/p-2. The largest absolute Gasteiger partial charge is 1.00 e. The molecule has 2 aromatic rings. The van der Waals surface area contributed by atoms with E-state index in [-0.39, 0.29) is 35.6 Å². The Morgan fingerprint density at radius 2 is 1.46 bits per heavy atom. The van der Waals surface area contributed by atoms with E-state index in [4.69, 9.17) is 4.21 Å². The van der Waals surface area contributed by atoms with E-state index in [1.165, 1.54) is 27.8 Å². The first kappa shape index (κ1) is 30.5. The van der Waals surface area contributed by atoms with Crippen LogP contribution in [0.4, 0.5) is 0 Å². The molecule has 2 aromatic carbocycles. The topological polar surface area (TPSA) is 0 Å². The second-order valence-electron chi connectivity index (χ2n) is 12.7. The van der Waals surface area contributed by atoms with Crippen LogP contribution < -0.4 is 28.1 Å². The normalized spacial score (nSPS) is 16.7. The van der Waals surface area contributed by atoms with Crippen LogP contribution in [0, 0.1) is 11.8 Å². The van der Waals surface area contributed by atoms with E-state index < -0.39 is 21.3 Å². The molecule has 0 spiro atoms. The third kappa shape index (κ3) is 5.59. The molecule has 0 N–H and O–H groups in total. The molecule has 1 unspecified atom stereocenters. The molecule has 0 nitrogen and oxygen atoms in total. The minimum atomic E-state index is -2.27. The van der Waals surface area contributed by atoms with E-state index in [1.807, 2.05) is 0 Å². The van der Waals surface area contributed by atoms with Gasteiger partial charge in [-0.3, -0.25) is 0 Å². The van der Waals surface area contributed by atoms with Crippen LogP contribution in [0.5, 0.6) is 0 Å². The Morgan fingerprint density at radius 1 is 0.886 bits per heavy atom. The average molecular weight is 589 g/mol. The number of rotatable bonds is 3. The molecule has 0 heterocycles. The number of fused-ring (bicyclic) bond motifs is 3. The Morgan fingerprint density at radius 3 is 1.97 bits per heavy atom. The second-order valence-corrected chi connectivity index (χ2v) is 17.7. The number of allylic oxidation sites excluding steroid dienone is 4. The van der Waals surface area contributed by atoms with Crippen molar-refractivity contribution < 1.29 is 46.1 Å². The smallest absolute Gasteiger partial charge is 1.00 e. The third-order valence-corrected chi connectivity index (χ3v) is 14.1. The van der Waals surface area contributed by atoms with Gasteiger partial charge in [-0.25, -0.2) is 0 Å². The van der Waals surface area contributed by atoms with Crippen molar-refractivity contribution in [2.45, 2.75) is 86.5 Å². The fraction of sp³-hybridized carbons (Fsp3) is 0.469. The average Bonchev–Trinajstić information content (AvgIpc) is 3.21. The van der Waals surface area contributed by atoms with Gasteiger partial charge in [0.15, 0.2) is 0 Å². The molecule has 0 aromatic heterocycles. The minimum Gasteiger partial charge on any atom is -1.00 e. The molecular formula is C32H42Cl2Zr. The zero-order chi connectivity index (χ0) is 24.5. The van der Waals surface area contributed by atoms with Gasteiger partial charge in [-0.15, -0.1) is 0 Å². The predicted octanol–water partition coefficient (Wildman–Crippen LogP) is 2.04. The molecule has 0 amide bonds. The molecule has 3 heteroatoms. The van der Waals surface area contributed by atoms with Crippen LogP contribution in [0.3, 0.4) is 0 Å². The monoisotopic (exact) mass is 586 g/mol. The fourth-order valence-corrected chi connectivity index (χ4v) is 11.7. The Kier molecular flexibility index (Phi) is 9.19. The number of hydrogen-bond donors (Lipinski definition) is 0. The minimum absolute atomic E-state index is 0. The summed E-state index contributed by atoms with van der Waals surface area (Å²) in [6.07, 6.45) is 3.60. The van der Waals surface area contributed by atoms with E-state index in [1.54, 1.807) is 23.3 Å². The molecular weight excluding hydrogens is 546 g/mol. The first-order valence-electron chi connectivity index (χ1n) is 12.6. The quantitative estimate of drug-likeness (QED) is 0.440. The van der Waals surface area contributed by atoms with Gasteiger partial charge in [-0.1, -0.05) is 0 Å². The number of hydrogen-bond acceptors (Lipinski definition) is 0. The maximum absolute atomic E-state index is 5.01. The molecule has 35 heavy (non-hydrogen) atoms. The van der Waals surface area contributed by atoms with Gasteiger partial charge in [0.2, 0.25) is 0 Å². The van der Waals surface area contributed by atoms with E-state index in [0.717, 1.165) is 6.42 Å². The summed E-state index contributed by atoms with van der Waals surface area (Å²) in [5.41, 5.74) is 12.3. The SMILES string of the molecule is [CH2]=[Zr+2]([C]1=C(C)C(C(C)C)=CC1C)[c]1cc(C(C)(C)C)cc2c1Cc1ccc(C(C)(C)C)cc1-2.[Cl-].[Cl-]. The summed E-state index contributed by atoms with van der Waals surface area (Å²) in [4.78, 5) is 0. The Hall–Kier alpha value is -0.747. The van der Waals surface area contributed by atoms with Crippen LogP contribution in [0.25, 0.3) is 11.1 Å². The van der Waals surface area contributed by atoms with Crippen LogP contribution in [-0.2, 0) is 38.5 Å². The molecule has 2 aliphatic rings. The predicted molar refractivity (Wildman–Crippen MR) is 144 cm³/mol. The van der Waals surface area contributed by atoms with E-state index in [0.29, 0.717) is 11.8 Å². The summed E-state index contributed by atoms with van der Waals surface area (Å²) in [7, 11) is 0. The van der Waals surface area contributed by atoms with Crippen molar-refractivity contribution in [3.05, 3.63) is 73.1 Å². The van der Waals surface area contributed by atoms with Gasteiger partial charge in [-0.05, 0) is 0 Å². The zero-order valence-corrected chi connectivity index (χ0v) is 27.3. The van der Waals surface area contributed by atoms with E-state index in [2.05, 4.69) is 106 Å². The zero-order valence-electron chi connectivity index (χ0n) is 23.3. The van der Waals surface area contributed by atoms with Crippen molar-refractivity contribution in [2.75, 3.05) is 0 Å². The van der Waals surface area contributed by atoms with Crippen LogP contribution in [0.15, 0.2) is 50.8 Å². The maximum atomic E-state index is 5.01. The van der Waals surface area contributed by atoms with Gasteiger partial charge in [0, 0.05) is 0 Å². The molecule has 2 aliphatic carbocycles. The summed E-state index contributed by atoms with van der Waals surface area (Å²) in [5.74, 6) is 1.13. The molecule has 0 fully saturated rings. The van der Waals surface area contributed by atoms with Crippen molar-refractivity contribution in [1.82, 2.24) is 0 Å². The summed E-state index contributed by atoms with van der Waals surface area (Å²) in [6, 6.07) is 12.3. The Labute approximate surface area is 234 Å². The van der Waals surface area contributed by atoms with Gasteiger partial charge in [0.05, 0.1) is 0 Å². The second kappa shape index (κ2) is 10.6. The molecule has 4 rings (SSSR count). The van der Waals surface area contributed by atoms with Gasteiger partial charge >= 0.3 is 211 Å². The number of halogens is 2. The Bertz CT molecular complexity index is 1210. The van der Waals surface area contributed by atoms with Crippen molar-refractivity contribution in [2.24, 2.45) is 11.8 Å². The molecule has 188 valence electrons. The summed E-state index contributed by atoms with van der Waals surface area (Å²) >= 11 is -2.27. The van der Waals surface area contributed by atoms with E-state index >= 15 is 0 Å². The van der Waals surface area contributed by atoms with E-state index in [9.17, 15) is 0 Å². The van der Waals surface area contributed by atoms with Gasteiger partial charge in [-0.2, -0.15) is 0 Å². The van der Waals surface area contributed by atoms with Crippen LogP contribution in [0.1, 0.15) is 91.5 Å². The number of benzene rings is 2. The first-order chi connectivity index (χ1) is 15.2. The molecule has 0 saturated carbocycles. The summed E-state index contributed by atoms with van der Waals surface area (Å²) in [5, 5.41) is 0. The first-order valence-corrected chi connectivity index (χ1v) is 16.8. The molecule has 0 aliphatic heterocycles. The van der Waals surface area contributed by atoms with Crippen molar-refractivity contribution in [3.8, 4) is 11.1 Å². The molecule has 0 bridgehead atoms. The van der Waals surface area contributed by atoms with Crippen molar-refractivity contribution >= 4 is 7.48 Å². The van der Waals surface area contributed by atoms with Gasteiger partial charge in [0.25, 0.3) is 0 Å². The van der Waals surface area contributed by atoms with Gasteiger partial charge < -0.3 is 24.8 Å². The van der Waals surface area contributed by atoms with Crippen molar-refractivity contribution in [1.29, 1.82) is 0 Å². The summed E-state index contributed by atoms with van der Waals surface area (Å²) in [6.45, 7) is 23.5. The third-order valence-electron chi connectivity index (χ3n) is 7.74. The Balaban J connectivity index is 0.00000216. The molecule has 0 radical (unpaired) electrons. The van der Waals surface area contributed by atoms with Crippen LogP contribution in [-0.4, -0.2) is 4.21 Å². The fourth-order valence-electron chi connectivity index (χ4n) is 5.69. The molecule has 1 atom stereocenters. The van der Waals surface area contributed by atoms with Gasteiger partial charge in [0.1, 0.15) is 0 Å². The van der Waals surface area contributed by atoms with Crippen molar-refractivity contribution in [3.63, 3.8) is 0 Å². The summed E-state index contributed by atoms with van der Waals surface area (Å²) < 4.78 is 8.35.